The van der Waals surface area contributed by atoms with Crippen molar-refractivity contribution in [2.45, 2.75) is 6.42 Å². The van der Waals surface area contributed by atoms with Crippen molar-refractivity contribution in [3.05, 3.63) is 49.0 Å². The van der Waals surface area contributed by atoms with E-state index in [1.165, 1.54) is 22.6 Å². The van der Waals surface area contributed by atoms with E-state index in [0.29, 0.717) is 6.54 Å². The van der Waals surface area contributed by atoms with E-state index in [2.05, 4.69) is 55.0 Å². The zero-order valence-electron chi connectivity index (χ0n) is 10.0. The number of carbonyl (C=O) groups is 1. The lowest BCUT2D eigenvalue weighted by Gasteiger charge is -2.18. The van der Waals surface area contributed by atoms with Crippen LogP contribution in [0.3, 0.4) is 0 Å². The Bertz CT molecular complexity index is 638. The number of halogens is 2. The molecule has 2 nitrogen and oxygen atoms in total. The molecule has 0 unspecified atom stereocenters. The minimum absolute atomic E-state index is 0.158. The van der Waals surface area contributed by atoms with Gasteiger partial charge in [0.25, 0.3) is 0 Å². The van der Waals surface area contributed by atoms with E-state index in [9.17, 15) is 4.79 Å². The lowest BCUT2D eigenvalue weighted by Crippen LogP contribution is -2.27. The monoisotopic (exact) mass is 399 g/mol. The SMILES string of the molecule is O=C(CN1CCc2ccccc21)c1cc(Br)sc1Br. The quantitative estimate of drug-likeness (QED) is 0.706. The number of anilines is 1. The largest absolute Gasteiger partial charge is 0.363 e. The van der Waals surface area contributed by atoms with Gasteiger partial charge in [-0.25, -0.2) is 0 Å². The van der Waals surface area contributed by atoms with Crippen LogP contribution in [0.4, 0.5) is 5.69 Å². The number of Topliss-reactive ketones (excluding diaryl/α,β-unsaturated/α-hetero) is 1. The van der Waals surface area contributed by atoms with Gasteiger partial charge in [0.15, 0.2) is 5.78 Å². The lowest BCUT2D eigenvalue weighted by molar-refractivity contribution is 0.0999. The molecule has 19 heavy (non-hydrogen) atoms. The van der Waals surface area contributed by atoms with Gasteiger partial charge in [-0.3, -0.25) is 4.79 Å². The first kappa shape index (κ1) is 13.3. The fraction of sp³-hybridized carbons (Fsp3) is 0.214. The van der Waals surface area contributed by atoms with Crippen LogP contribution in [0.25, 0.3) is 0 Å². The molecule has 0 aliphatic carbocycles. The van der Waals surface area contributed by atoms with Gasteiger partial charge in [0.05, 0.1) is 14.1 Å². The summed E-state index contributed by atoms with van der Waals surface area (Å²) in [4.78, 5) is 14.5. The number of ketones is 1. The molecule has 0 saturated heterocycles. The van der Waals surface area contributed by atoms with Crippen molar-refractivity contribution < 1.29 is 4.79 Å². The summed E-state index contributed by atoms with van der Waals surface area (Å²) in [6.07, 6.45) is 1.03. The molecule has 0 N–H and O–H groups in total. The van der Waals surface area contributed by atoms with Gasteiger partial charge in [-0.1, -0.05) is 18.2 Å². The Labute approximate surface area is 132 Å². The second-order valence-electron chi connectivity index (χ2n) is 4.46. The molecule has 5 heteroatoms. The van der Waals surface area contributed by atoms with E-state index in [0.717, 1.165) is 26.1 Å². The van der Waals surface area contributed by atoms with Crippen molar-refractivity contribution in [3.63, 3.8) is 0 Å². The minimum Gasteiger partial charge on any atom is -0.363 e. The summed E-state index contributed by atoms with van der Waals surface area (Å²) in [6, 6.07) is 10.2. The van der Waals surface area contributed by atoms with Crippen LogP contribution in [-0.2, 0) is 6.42 Å². The first-order chi connectivity index (χ1) is 9.15. The molecule has 2 heterocycles. The molecule has 0 atom stereocenters. The van der Waals surface area contributed by atoms with E-state index in [-0.39, 0.29) is 5.78 Å². The standard InChI is InChI=1S/C14H11Br2NOS/c15-13-7-10(14(16)19-13)12(18)8-17-6-5-9-3-1-2-4-11(9)17/h1-4,7H,5-6,8H2. The summed E-state index contributed by atoms with van der Waals surface area (Å²) in [5.74, 6) is 0.158. The fourth-order valence-corrected chi connectivity index (χ4v) is 5.22. The predicted molar refractivity (Wildman–Crippen MR) is 86.4 cm³/mol. The number of hydrogen-bond donors (Lipinski definition) is 0. The Morgan fingerprint density at radius 2 is 2.11 bits per heavy atom. The van der Waals surface area contributed by atoms with Crippen LogP contribution in [0.5, 0.6) is 0 Å². The van der Waals surface area contributed by atoms with E-state index >= 15 is 0 Å². The number of fused-ring (bicyclic) bond motifs is 1. The maximum absolute atomic E-state index is 12.4. The van der Waals surface area contributed by atoms with Gasteiger partial charge in [-0.15, -0.1) is 11.3 Å². The molecule has 1 aliphatic rings. The van der Waals surface area contributed by atoms with Gasteiger partial charge in [-0.05, 0) is 56.0 Å². The second kappa shape index (κ2) is 5.38. The number of rotatable bonds is 3. The summed E-state index contributed by atoms with van der Waals surface area (Å²) in [5, 5.41) is 0. The van der Waals surface area contributed by atoms with Gasteiger partial charge in [-0.2, -0.15) is 0 Å². The van der Waals surface area contributed by atoms with E-state index in [4.69, 9.17) is 0 Å². The molecule has 1 aromatic carbocycles. The predicted octanol–water partition coefficient (Wildman–Crippen LogP) is 4.52. The molecule has 2 aromatic rings. The topological polar surface area (TPSA) is 20.3 Å². The molecule has 0 saturated carbocycles. The van der Waals surface area contributed by atoms with Crippen LogP contribution < -0.4 is 4.90 Å². The minimum atomic E-state index is 0.158. The summed E-state index contributed by atoms with van der Waals surface area (Å²) >= 11 is 8.40. The molecule has 0 amide bonds. The average molecular weight is 401 g/mol. The Morgan fingerprint density at radius 1 is 1.32 bits per heavy atom. The van der Waals surface area contributed by atoms with Crippen molar-refractivity contribution >= 4 is 54.7 Å². The van der Waals surface area contributed by atoms with Crippen molar-refractivity contribution in [1.82, 2.24) is 0 Å². The van der Waals surface area contributed by atoms with Crippen LogP contribution >= 0.6 is 43.2 Å². The highest BCUT2D eigenvalue weighted by molar-refractivity contribution is 9.12. The van der Waals surface area contributed by atoms with Crippen LogP contribution in [0, 0.1) is 0 Å². The summed E-state index contributed by atoms with van der Waals surface area (Å²) in [6.45, 7) is 1.37. The molecule has 0 bridgehead atoms. The van der Waals surface area contributed by atoms with Crippen LogP contribution in [-0.4, -0.2) is 18.9 Å². The van der Waals surface area contributed by atoms with Crippen molar-refractivity contribution in [3.8, 4) is 0 Å². The Hall–Kier alpha value is -0.650. The third-order valence-corrected chi connectivity index (χ3v) is 5.61. The highest BCUT2D eigenvalue weighted by Crippen LogP contribution is 2.33. The molecule has 0 fully saturated rings. The maximum atomic E-state index is 12.4. The number of para-hydroxylation sites is 1. The molecule has 0 spiro atoms. The average Bonchev–Trinajstić information content (AvgIpc) is 2.94. The first-order valence-electron chi connectivity index (χ1n) is 5.96. The van der Waals surface area contributed by atoms with E-state index in [1.54, 1.807) is 0 Å². The zero-order chi connectivity index (χ0) is 13.4. The third-order valence-electron chi connectivity index (χ3n) is 3.27. The maximum Gasteiger partial charge on any atom is 0.184 e. The Balaban J connectivity index is 1.80. The van der Waals surface area contributed by atoms with Crippen molar-refractivity contribution in [1.29, 1.82) is 0 Å². The summed E-state index contributed by atoms with van der Waals surface area (Å²) in [7, 11) is 0. The number of hydrogen-bond acceptors (Lipinski definition) is 3. The molecule has 98 valence electrons. The van der Waals surface area contributed by atoms with Gasteiger partial charge in [0, 0.05) is 17.8 Å². The normalized spacial score (nSPS) is 13.7. The van der Waals surface area contributed by atoms with Crippen molar-refractivity contribution in [2.75, 3.05) is 18.0 Å². The molecule has 0 radical (unpaired) electrons. The molecular weight excluding hydrogens is 390 g/mol. The molecule has 1 aromatic heterocycles. The smallest absolute Gasteiger partial charge is 0.184 e. The van der Waals surface area contributed by atoms with Crippen LogP contribution in [0.15, 0.2) is 37.9 Å². The van der Waals surface area contributed by atoms with Gasteiger partial charge >= 0.3 is 0 Å². The third kappa shape index (κ3) is 2.64. The second-order valence-corrected chi connectivity index (χ2v) is 8.21. The number of carbonyl (C=O) groups excluding carboxylic acids is 1. The lowest BCUT2D eigenvalue weighted by atomic mass is 10.2. The Morgan fingerprint density at radius 3 is 2.84 bits per heavy atom. The van der Waals surface area contributed by atoms with E-state index < -0.39 is 0 Å². The van der Waals surface area contributed by atoms with E-state index in [1.807, 2.05) is 12.1 Å². The van der Waals surface area contributed by atoms with Gasteiger partial charge in [0.2, 0.25) is 0 Å². The van der Waals surface area contributed by atoms with Crippen molar-refractivity contribution in [2.24, 2.45) is 0 Å². The molecule has 3 rings (SSSR count). The fourth-order valence-electron chi connectivity index (χ4n) is 2.36. The molecular formula is C14H11Br2NOS. The van der Waals surface area contributed by atoms with Gasteiger partial charge < -0.3 is 4.90 Å². The number of benzene rings is 1. The summed E-state index contributed by atoms with van der Waals surface area (Å²) < 4.78 is 1.88. The number of thiophene rings is 1. The molecule has 1 aliphatic heterocycles. The zero-order valence-corrected chi connectivity index (χ0v) is 14.0. The Kier molecular flexibility index (Phi) is 3.78. The highest BCUT2D eigenvalue weighted by Gasteiger charge is 2.22. The van der Waals surface area contributed by atoms with Gasteiger partial charge in [0.1, 0.15) is 0 Å². The first-order valence-corrected chi connectivity index (χ1v) is 8.36. The number of nitrogens with zero attached hydrogens (tertiary/aromatic N) is 1. The summed E-state index contributed by atoms with van der Waals surface area (Å²) in [5.41, 5.74) is 3.29. The highest BCUT2D eigenvalue weighted by atomic mass is 79.9. The van der Waals surface area contributed by atoms with Crippen LogP contribution in [0.2, 0.25) is 0 Å². The van der Waals surface area contributed by atoms with Crippen LogP contribution in [0.1, 0.15) is 15.9 Å².